The van der Waals surface area contributed by atoms with Crippen LogP contribution in [-0.2, 0) is 24.6 Å². The van der Waals surface area contributed by atoms with Crippen LogP contribution in [0.4, 0.5) is 5.69 Å². The highest BCUT2D eigenvalue weighted by molar-refractivity contribution is 6.36. The summed E-state index contributed by atoms with van der Waals surface area (Å²) >= 11 is 12.7. The molecule has 1 saturated carbocycles. The number of fused-ring (bicyclic) bond motifs is 4. The van der Waals surface area contributed by atoms with Crippen molar-refractivity contribution in [2.45, 2.75) is 57.4 Å². The maximum atomic E-state index is 15.4. The molecule has 12 heteroatoms. The van der Waals surface area contributed by atoms with Crippen LogP contribution in [0.3, 0.4) is 0 Å². The molecular formula is C39H39Cl2N3O7. The Kier molecular flexibility index (Phi) is 8.62. The molecule has 3 aromatic carbocycles. The molecule has 3 aromatic rings. The van der Waals surface area contributed by atoms with Crippen molar-refractivity contribution in [1.29, 1.82) is 0 Å². The van der Waals surface area contributed by atoms with Gasteiger partial charge in [-0.3, -0.25) is 29.5 Å². The third kappa shape index (κ3) is 5.29. The molecule has 0 radical (unpaired) electrons. The molecule has 3 fully saturated rings. The monoisotopic (exact) mass is 731 g/mol. The molecule has 2 heterocycles. The van der Waals surface area contributed by atoms with E-state index < -0.39 is 52.4 Å². The Morgan fingerprint density at radius 3 is 2.31 bits per heavy atom. The van der Waals surface area contributed by atoms with Crippen LogP contribution in [0.15, 0.2) is 72.3 Å². The largest absolute Gasteiger partial charge is 0.504 e. The van der Waals surface area contributed by atoms with Gasteiger partial charge in [0.05, 0.1) is 47.6 Å². The number of ether oxygens (including phenoxy) is 2. The van der Waals surface area contributed by atoms with E-state index in [0.717, 1.165) is 10.6 Å². The van der Waals surface area contributed by atoms with Gasteiger partial charge in [-0.25, -0.2) is 0 Å². The Balaban J connectivity index is 1.48. The number of allylic oxidation sites excluding steroid dienone is 2. The SMILES string of the molecule is CCOc1cc([C@H]2C3=CC[C@@H]4C(=O)N(C(C)(C)C)C(=O)[C@@H]4[C@@H]3C[C@H]3C(=O)N(Nc4ccc(Cl)cc4Cl)C(=O)[C@@]23c2ccc(OC)cc2)ccc1O. The number of methoxy groups -OCH3 is 1. The molecule has 2 N–H and O–H groups in total. The lowest BCUT2D eigenvalue weighted by Crippen LogP contribution is -2.53. The summed E-state index contributed by atoms with van der Waals surface area (Å²) in [4.78, 5) is 59.8. The van der Waals surface area contributed by atoms with E-state index in [1.165, 1.54) is 17.0 Å². The summed E-state index contributed by atoms with van der Waals surface area (Å²) in [5.41, 5.74) is 3.01. The van der Waals surface area contributed by atoms with Gasteiger partial charge in [-0.1, -0.05) is 53.1 Å². The first kappa shape index (κ1) is 34.9. The van der Waals surface area contributed by atoms with Crippen LogP contribution in [0.2, 0.25) is 10.0 Å². The number of rotatable bonds is 7. The number of anilines is 1. The van der Waals surface area contributed by atoms with E-state index in [-0.39, 0.29) is 41.4 Å². The van der Waals surface area contributed by atoms with Crippen LogP contribution in [0.5, 0.6) is 17.2 Å². The maximum absolute atomic E-state index is 15.4. The number of benzene rings is 3. The van der Waals surface area contributed by atoms with Crippen molar-refractivity contribution in [1.82, 2.24) is 9.91 Å². The van der Waals surface area contributed by atoms with Gasteiger partial charge in [-0.15, -0.1) is 0 Å². The highest BCUT2D eigenvalue weighted by Gasteiger charge is 2.70. The van der Waals surface area contributed by atoms with Crippen molar-refractivity contribution in [3.05, 3.63) is 93.5 Å². The minimum absolute atomic E-state index is 0.0763. The van der Waals surface area contributed by atoms with Crippen molar-refractivity contribution in [3.8, 4) is 17.2 Å². The Morgan fingerprint density at radius 1 is 0.941 bits per heavy atom. The number of nitrogens with one attached hydrogen (secondary N) is 1. The molecule has 2 saturated heterocycles. The number of phenolic OH excluding ortho intramolecular Hbond substituents is 1. The fourth-order valence-corrected chi connectivity index (χ4v) is 9.31. The molecule has 0 unspecified atom stereocenters. The van der Waals surface area contributed by atoms with Crippen LogP contribution >= 0.6 is 23.2 Å². The summed E-state index contributed by atoms with van der Waals surface area (Å²) in [5.74, 6) is -4.42. The van der Waals surface area contributed by atoms with E-state index >= 15 is 4.79 Å². The third-order valence-corrected chi connectivity index (χ3v) is 11.4. The third-order valence-electron chi connectivity index (χ3n) is 10.9. The zero-order chi connectivity index (χ0) is 36.6. The second-order valence-corrected chi connectivity index (χ2v) is 15.4. The first-order chi connectivity index (χ1) is 24.2. The number of likely N-dealkylation sites (tertiary alicyclic amines) is 1. The molecule has 4 aliphatic rings. The lowest BCUT2D eigenvalue weighted by atomic mass is 9.49. The summed E-state index contributed by atoms with van der Waals surface area (Å²) in [7, 11) is 1.55. The van der Waals surface area contributed by atoms with Gasteiger partial charge in [0.15, 0.2) is 11.5 Å². The van der Waals surface area contributed by atoms with Crippen molar-refractivity contribution < 1.29 is 33.8 Å². The van der Waals surface area contributed by atoms with E-state index in [1.807, 2.05) is 26.8 Å². The minimum atomic E-state index is -1.53. The molecule has 4 amide bonds. The normalized spacial score (nSPS) is 27.2. The number of halogens is 2. The van der Waals surface area contributed by atoms with Gasteiger partial charge in [0.25, 0.3) is 11.8 Å². The lowest BCUT2D eigenvalue weighted by Gasteiger charge is -2.50. The number of hydrazine groups is 1. The number of carbonyl (C=O) groups is 4. The molecule has 7 rings (SSSR count). The molecule has 10 nitrogen and oxygen atoms in total. The van der Waals surface area contributed by atoms with Gasteiger partial charge >= 0.3 is 0 Å². The number of nitrogens with zero attached hydrogens (tertiary/aromatic N) is 2. The zero-order valence-electron chi connectivity index (χ0n) is 28.9. The molecule has 51 heavy (non-hydrogen) atoms. The average molecular weight is 733 g/mol. The van der Waals surface area contributed by atoms with Gasteiger partial charge in [-0.2, -0.15) is 5.01 Å². The van der Waals surface area contributed by atoms with Crippen LogP contribution in [0.25, 0.3) is 0 Å². The highest BCUT2D eigenvalue weighted by Crippen LogP contribution is 2.64. The van der Waals surface area contributed by atoms with Crippen molar-refractivity contribution in [3.63, 3.8) is 0 Å². The van der Waals surface area contributed by atoms with E-state index in [2.05, 4.69) is 5.43 Å². The smallest absolute Gasteiger partial charge is 0.260 e. The van der Waals surface area contributed by atoms with Gasteiger partial charge < -0.3 is 14.6 Å². The molecule has 2 aliphatic carbocycles. The number of hydrogen-bond acceptors (Lipinski definition) is 8. The number of amides is 4. The fourth-order valence-electron chi connectivity index (χ4n) is 8.86. The van der Waals surface area contributed by atoms with Gasteiger partial charge in [0.2, 0.25) is 11.8 Å². The molecule has 2 aliphatic heterocycles. The second kappa shape index (κ2) is 12.6. The second-order valence-electron chi connectivity index (χ2n) is 14.6. The van der Waals surface area contributed by atoms with Gasteiger partial charge in [0, 0.05) is 16.5 Å². The van der Waals surface area contributed by atoms with Crippen LogP contribution < -0.4 is 14.9 Å². The lowest BCUT2D eigenvalue weighted by molar-refractivity contribution is -0.146. The van der Waals surface area contributed by atoms with E-state index in [1.54, 1.807) is 62.6 Å². The summed E-state index contributed by atoms with van der Waals surface area (Å²) in [6, 6.07) is 16.8. The molecular weight excluding hydrogens is 693 g/mol. The number of carbonyl (C=O) groups excluding carboxylic acids is 4. The van der Waals surface area contributed by atoms with Gasteiger partial charge in [-0.05, 0) is 100 Å². The molecule has 0 spiro atoms. The summed E-state index contributed by atoms with van der Waals surface area (Å²) < 4.78 is 11.3. The first-order valence-corrected chi connectivity index (χ1v) is 17.8. The number of phenols is 1. The summed E-state index contributed by atoms with van der Waals surface area (Å²) in [6.07, 6.45) is 2.43. The summed E-state index contributed by atoms with van der Waals surface area (Å²) in [6.45, 7) is 7.59. The Morgan fingerprint density at radius 2 is 1.67 bits per heavy atom. The van der Waals surface area contributed by atoms with Gasteiger partial charge in [0.1, 0.15) is 5.75 Å². The standard InChI is InChI=1S/C39H39Cl2N3O7/c1-6-51-31-17-20(7-16-30(31)45)33-24-13-14-25-32(36(48)43(34(25)46)38(2,3)4)26(24)19-27-35(47)44(42-29-15-10-22(40)18-28(29)41)37(49)39(27,33)21-8-11-23(50-5)12-9-21/h7-13,15-18,25-27,32-33,42,45H,6,14,19H2,1-5H3/t25-,26+,27-,32-,33-,39+/m0/s1. The Labute approximate surface area is 306 Å². The minimum Gasteiger partial charge on any atom is -0.504 e. The number of imide groups is 2. The molecule has 6 atom stereocenters. The molecule has 266 valence electrons. The van der Waals surface area contributed by atoms with Crippen LogP contribution in [0, 0.1) is 23.7 Å². The quantitative estimate of drug-likeness (QED) is 0.199. The van der Waals surface area contributed by atoms with Crippen molar-refractivity contribution >= 4 is 52.5 Å². The topological polar surface area (TPSA) is 125 Å². The first-order valence-electron chi connectivity index (χ1n) is 17.0. The molecule has 0 bridgehead atoms. The van der Waals surface area contributed by atoms with Crippen LogP contribution in [0.1, 0.15) is 57.6 Å². The van der Waals surface area contributed by atoms with Crippen molar-refractivity contribution in [2.75, 3.05) is 19.1 Å². The number of aromatic hydroxyl groups is 1. The van der Waals surface area contributed by atoms with E-state index in [0.29, 0.717) is 34.0 Å². The number of hydrogen-bond donors (Lipinski definition) is 2. The van der Waals surface area contributed by atoms with E-state index in [9.17, 15) is 19.5 Å². The summed E-state index contributed by atoms with van der Waals surface area (Å²) in [5, 5.41) is 12.4. The predicted octanol–water partition coefficient (Wildman–Crippen LogP) is 6.89. The Bertz CT molecular complexity index is 1990. The van der Waals surface area contributed by atoms with Crippen LogP contribution in [-0.4, -0.2) is 57.9 Å². The maximum Gasteiger partial charge on any atom is 0.260 e. The van der Waals surface area contributed by atoms with E-state index in [4.69, 9.17) is 32.7 Å². The van der Waals surface area contributed by atoms with Crippen molar-refractivity contribution in [2.24, 2.45) is 23.7 Å². The zero-order valence-corrected chi connectivity index (χ0v) is 30.4. The Hall–Kier alpha value is -4.54. The predicted molar refractivity (Wildman–Crippen MR) is 192 cm³/mol. The fraction of sp³-hybridized carbons (Fsp3) is 0.385. The average Bonchev–Trinajstić information content (AvgIpc) is 3.48. The highest BCUT2D eigenvalue weighted by atomic mass is 35.5. The molecule has 0 aromatic heterocycles.